The Labute approximate surface area is 38.9 Å². The van der Waals surface area contributed by atoms with Crippen LogP contribution in [0.3, 0.4) is 0 Å². The smallest absolute Gasteiger partial charge is 0.0275 e. The molecule has 0 aromatic heterocycles. The summed E-state index contributed by atoms with van der Waals surface area (Å²) in [5.41, 5.74) is 6.66. The summed E-state index contributed by atoms with van der Waals surface area (Å²) in [6.45, 7) is 5.84. The fourth-order valence-corrected chi connectivity index (χ4v) is 0.224. The highest BCUT2D eigenvalue weighted by Gasteiger charge is 1.70. The van der Waals surface area contributed by atoms with E-state index in [0.29, 0.717) is 0 Å². The zero-order valence-electron chi connectivity index (χ0n) is 4.36. The highest BCUT2D eigenvalue weighted by atomic mass is 15.3. The van der Waals surface area contributed by atoms with Crippen LogP contribution in [0.1, 0.15) is 13.8 Å². The van der Waals surface area contributed by atoms with E-state index >= 15 is 0 Å². The summed E-state index contributed by atoms with van der Waals surface area (Å²) in [4.78, 5) is 0. The van der Waals surface area contributed by atoms with Gasteiger partial charge in [0.15, 0.2) is 0 Å². The average molecular weight is 87.1 g/mol. The summed E-state index contributed by atoms with van der Waals surface area (Å²) in [6, 6.07) is 0. The molecule has 0 aromatic carbocycles. The summed E-state index contributed by atoms with van der Waals surface area (Å²) in [6.07, 6.45) is 0. The first kappa shape index (κ1) is 5.92. The molecule has 1 N–H and O–H groups in total. The highest BCUT2D eigenvalue weighted by molar-refractivity contribution is 4.25. The van der Waals surface area contributed by atoms with Crippen LogP contribution in [0.25, 0.3) is 0 Å². The Morgan fingerprint density at radius 3 is 2.33 bits per heavy atom. The van der Waals surface area contributed by atoms with E-state index in [2.05, 4.69) is 10.9 Å². The zero-order valence-corrected chi connectivity index (χ0v) is 4.36. The number of hydrogen-bond acceptors (Lipinski definition) is 1. The molecule has 0 atom stereocenters. The Balaban J connectivity index is 2.34. The first-order chi connectivity index (χ1) is 2.91. The lowest BCUT2D eigenvalue weighted by Gasteiger charge is -1.92. The first-order valence-electron chi connectivity index (χ1n) is 2.31. The third kappa shape index (κ3) is 3.92. The van der Waals surface area contributed by atoms with Crippen LogP contribution in [0.2, 0.25) is 0 Å². The van der Waals surface area contributed by atoms with Crippen LogP contribution in [-0.4, -0.2) is 13.1 Å². The van der Waals surface area contributed by atoms with Gasteiger partial charge in [-0.1, -0.05) is 6.92 Å². The van der Waals surface area contributed by atoms with E-state index in [1.54, 1.807) is 0 Å². The van der Waals surface area contributed by atoms with Crippen LogP contribution in [0.4, 0.5) is 0 Å². The molecule has 2 heteroatoms. The largest absolute Gasteiger partial charge is 0.240 e. The van der Waals surface area contributed by atoms with Crippen LogP contribution in [0.5, 0.6) is 0 Å². The second kappa shape index (κ2) is 4.92. The average Bonchev–Trinajstić information content (AvgIpc) is 1.61. The molecule has 2 nitrogen and oxygen atoms in total. The third-order valence-corrected chi connectivity index (χ3v) is 0.428. The van der Waals surface area contributed by atoms with Gasteiger partial charge in [0.2, 0.25) is 0 Å². The molecule has 6 heavy (non-hydrogen) atoms. The number of nitrogens with one attached hydrogen (secondary N) is 1. The SMILES string of the molecule is CC[N]NCC. The summed E-state index contributed by atoms with van der Waals surface area (Å²) in [7, 11) is 0. The number of rotatable bonds is 3. The normalized spacial score (nSPS) is 9.00. The molecule has 0 bridgehead atoms. The quantitative estimate of drug-likeness (QED) is 0.384. The molecule has 0 aromatic rings. The first-order valence-corrected chi connectivity index (χ1v) is 2.31. The minimum Gasteiger partial charge on any atom is -0.240 e. The van der Waals surface area contributed by atoms with Gasteiger partial charge in [-0.15, -0.1) is 0 Å². The predicted octanol–water partition coefficient (Wildman–Crippen LogP) is 0.135. The van der Waals surface area contributed by atoms with Crippen LogP contribution >= 0.6 is 0 Å². The van der Waals surface area contributed by atoms with Crippen molar-refractivity contribution in [3.8, 4) is 0 Å². The van der Waals surface area contributed by atoms with Gasteiger partial charge in [0.1, 0.15) is 0 Å². The van der Waals surface area contributed by atoms with Crippen molar-refractivity contribution in [2.75, 3.05) is 13.1 Å². The van der Waals surface area contributed by atoms with Crippen LogP contribution in [-0.2, 0) is 0 Å². The van der Waals surface area contributed by atoms with Crippen molar-refractivity contribution in [3.05, 3.63) is 0 Å². The predicted molar refractivity (Wildman–Crippen MR) is 26.4 cm³/mol. The molecule has 0 aliphatic heterocycles. The maximum absolute atomic E-state index is 3.84. The zero-order chi connectivity index (χ0) is 4.83. The monoisotopic (exact) mass is 87.1 g/mol. The molecule has 0 unspecified atom stereocenters. The maximum atomic E-state index is 3.84. The lowest BCUT2D eigenvalue weighted by atomic mass is 10.8. The molecular weight excluding hydrogens is 76.1 g/mol. The fourth-order valence-electron chi connectivity index (χ4n) is 0.224. The van der Waals surface area contributed by atoms with E-state index in [-0.39, 0.29) is 0 Å². The van der Waals surface area contributed by atoms with Crippen LogP contribution in [0.15, 0.2) is 0 Å². The lowest BCUT2D eigenvalue weighted by molar-refractivity contribution is 0.559. The molecule has 0 fully saturated rings. The van der Waals surface area contributed by atoms with E-state index < -0.39 is 0 Å². The van der Waals surface area contributed by atoms with Gasteiger partial charge in [0, 0.05) is 13.1 Å². The Bertz CT molecular complexity index is 17.5. The Morgan fingerprint density at radius 1 is 1.50 bits per heavy atom. The standard InChI is InChI=1S/C4H11N2/c1-3-5-6-4-2/h5H,3-4H2,1-2H3. The van der Waals surface area contributed by atoms with Crippen molar-refractivity contribution in [2.24, 2.45) is 0 Å². The van der Waals surface area contributed by atoms with Crippen LogP contribution in [0, 0.1) is 0 Å². The third-order valence-electron chi connectivity index (χ3n) is 0.428. The second-order valence-electron chi connectivity index (χ2n) is 0.986. The van der Waals surface area contributed by atoms with E-state index in [1.807, 2.05) is 13.8 Å². The molecule has 37 valence electrons. The number of hydrogen-bond donors (Lipinski definition) is 1. The lowest BCUT2D eigenvalue weighted by Crippen LogP contribution is -2.23. The molecule has 0 spiro atoms. The van der Waals surface area contributed by atoms with Crippen molar-refractivity contribution in [1.82, 2.24) is 10.9 Å². The number of nitrogens with zero attached hydrogens (tertiary/aromatic N) is 1. The maximum Gasteiger partial charge on any atom is 0.0275 e. The summed E-state index contributed by atoms with van der Waals surface area (Å²) in [5.74, 6) is 0. The topological polar surface area (TPSA) is 26.1 Å². The Kier molecular flexibility index (Phi) is 4.85. The van der Waals surface area contributed by atoms with Crippen LogP contribution < -0.4 is 10.9 Å². The summed E-state index contributed by atoms with van der Waals surface area (Å²) in [5, 5.41) is 0. The van der Waals surface area contributed by atoms with Crippen molar-refractivity contribution < 1.29 is 0 Å². The highest BCUT2D eigenvalue weighted by Crippen LogP contribution is 1.48. The minimum absolute atomic E-state index is 0.869. The molecule has 0 rings (SSSR count). The van der Waals surface area contributed by atoms with E-state index in [4.69, 9.17) is 0 Å². The fraction of sp³-hybridized carbons (Fsp3) is 1.00. The Hall–Kier alpha value is -0.0800. The van der Waals surface area contributed by atoms with Gasteiger partial charge in [-0.2, -0.15) is 5.43 Å². The van der Waals surface area contributed by atoms with Crippen molar-refractivity contribution in [2.45, 2.75) is 13.8 Å². The van der Waals surface area contributed by atoms with Gasteiger partial charge in [0.05, 0.1) is 0 Å². The molecule has 0 heterocycles. The van der Waals surface area contributed by atoms with Crippen molar-refractivity contribution in [1.29, 1.82) is 0 Å². The molecule has 0 saturated heterocycles. The van der Waals surface area contributed by atoms with Gasteiger partial charge < -0.3 is 0 Å². The van der Waals surface area contributed by atoms with Gasteiger partial charge in [0.25, 0.3) is 0 Å². The van der Waals surface area contributed by atoms with E-state index in [1.165, 1.54) is 0 Å². The summed E-state index contributed by atoms with van der Waals surface area (Å²) >= 11 is 0. The van der Waals surface area contributed by atoms with Crippen molar-refractivity contribution in [3.63, 3.8) is 0 Å². The van der Waals surface area contributed by atoms with E-state index in [9.17, 15) is 0 Å². The molecular formula is C4H11N2. The van der Waals surface area contributed by atoms with Gasteiger partial charge in [-0.25, -0.2) is 5.43 Å². The summed E-state index contributed by atoms with van der Waals surface area (Å²) < 4.78 is 0. The van der Waals surface area contributed by atoms with Gasteiger partial charge in [-0.05, 0) is 6.92 Å². The molecule has 0 saturated carbocycles. The molecule has 0 aliphatic rings. The molecule has 1 radical (unpaired) electrons. The van der Waals surface area contributed by atoms with Gasteiger partial charge >= 0.3 is 0 Å². The second-order valence-corrected chi connectivity index (χ2v) is 0.986. The molecule has 0 aliphatic carbocycles. The molecule has 0 amide bonds. The minimum atomic E-state index is 0.869. The van der Waals surface area contributed by atoms with Crippen molar-refractivity contribution >= 4 is 0 Å². The Morgan fingerprint density at radius 2 is 2.17 bits per heavy atom. The van der Waals surface area contributed by atoms with Gasteiger partial charge in [-0.3, -0.25) is 0 Å². The van der Waals surface area contributed by atoms with E-state index in [0.717, 1.165) is 13.1 Å².